The molecular formula is C12H22N4O2S. The second kappa shape index (κ2) is 4.02. The molecule has 1 aromatic heterocycles. The number of aromatic nitrogens is 3. The third kappa shape index (κ3) is 1.99. The Balaban J connectivity index is 2.53. The maximum atomic E-state index is 11.6. The van der Waals surface area contributed by atoms with Gasteiger partial charge in [0, 0.05) is 12.5 Å². The Kier molecular flexibility index (Phi) is 3.06. The van der Waals surface area contributed by atoms with Gasteiger partial charge in [0.05, 0.1) is 0 Å². The average Bonchev–Trinajstić information content (AvgIpc) is 2.59. The molecule has 1 aliphatic carbocycles. The Bertz CT molecular complexity index is 587. The predicted molar refractivity (Wildman–Crippen MR) is 72.0 cm³/mol. The highest BCUT2D eigenvalue weighted by Gasteiger charge is 2.67. The Hall–Kier alpha value is -0.950. The first-order valence-corrected chi connectivity index (χ1v) is 8.05. The smallest absolute Gasteiger partial charge is 0.273 e. The van der Waals surface area contributed by atoms with E-state index in [0.717, 1.165) is 12.2 Å². The summed E-state index contributed by atoms with van der Waals surface area (Å²) in [4.78, 5) is 0. The third-order valence-corrected chi connectivity index (χ3v) is 5.54. The van der Waals surface area contributed by atoms with E-state index in [0.29, 0.717) is 6.54 Å². The molecule has 0 radical (unpaired) electrons. The number of hydrogen-bond donors (Lipinski definition) is 1. The molecule has 1 heterocycles. The molecule has 1 saturated carbocycles. The van der Waals surface area contributed by atoms with Crippen molar-refractivity contribution in [3.63, 3.8) is 0 Å². The molecule has 0 unspecified atom stereocenters. The Morgan fingerprint density at radius 3 is 2.11 bits per heavy atom. The van der Waals surface area contributed by atoms with Crippen LogP contribution in [0.3, 0.4) is 0 Å². The van der Waals surface area contributed by atoms with Crippen molar-refractivity contribution in [2.45, 2.75) is 58.7 Å². The van der Waals surface area contributed by atoms with Crippen molar-refractivity contribution in [2.24, 2.45) is 16.0 Å². The van der Waals surface area contributed by atoms with Crippen LogP contribution in [0.15, 0.2) is 5.16 Å². The molecule has 2 N–H and O–H groups in total. The van der Waals surface area contributed by atoms with Gasteiger partial charge in [0.2, 0.25) is 0 Å². The van der Waals surface area contributed by atoms with E-state index in [1.54, 1.807) is 4.57 Å². The van der Waals surface area contributed by atoms with Crippen LogP contribution >= 0.6 is 0 Å². The van der Waals surface area contributed by atoms with Gasteiger partial charge >= 0.3 is 0 Å². The van der Waals surface area contributed by atoms with E-state index in [4.69, 9.17) is 5.14 Å². The SMILES string of the molecule is CCCn1c(C2C(C)(C)C2(C)C)nnc1S(N)(=O)=O. The molecule has 0 aromatic carbocycles. The zero-order valence-corrected chi connectivity index (χ0v) is 13.0. The van der Waals surface area contributed by atoms with Crippen molar-refractivity contribution in [3.05, 3.63) is 5.82 Å². The van der Waals surface area contributed by atoms with Crippen LogP contribution in [0.25, 0.3) is 0 Å². The lowest BCUT2D eigenvalue weighted by molar-refractivity contribution is 0.457. The van der Waals surface area contributed by atoms with Crippen LogP contribution in [0.2, 0.25) is 0 Å². The molecule has 108 valence electrons. The summed E-state index contributed by atoms with van der Waals surface area (Å²) in [5.74, 6) is 0.940. The fourth-order valence-electron chi connectivity index (χ4n) is 3.00. The van der Waals surface area contributed by atoms with Crippen molar-refractivity contribution >= 4 is 10.0 Å². The normalized spacial score (nSPS) is 21.6. The van der Waals surface area contributed by atoms with E-state index in [1.165, 1.54) is 0 Å². The zero-order chi connectivity index (χ0) is 14.6. The lowest BCUT2D eigenvalue weighted by atomic mass is 10.0. The first-order chi connectivity index (χ1) is 8.55. The van der Waals surface area contributed by atoms with Crippen molar-refractivity contribution in [3.8, 4) is 0 Å². The number of primary sulfonamides is 1. The first kappa shape index (κ1) is 14.5. The molecule has 19 heavy (non-hydrogen) atoms. The second-order valence-electron chi connectivity index (χ2n) is 6.41. The van der Waals surface area contributed by atoms with Crippen LogP contribution in [0.4, 0.5) is 0 Å². The largest absolute Gasteiger partial charge is 0.300 e. The predicted octanol–water partition coefficient (Wildman–Crippen LogP) is 1.49. The van der Waals surface area contributed by atoms with E-state index < -0.39 is 10.0 Å². The van der Waals surface area contributed by atoms with E-state index in [-0.39, 0.29) is 21.9 Å². The topological polar surface area (TPSA) is 90.9 Å². The molecule has 0 spiro atoms. The van der Waals surface area contributed by atoms with Gasteiger partial charge < -0.3 is 4.57 Å². The number of nitrogens with two attached hydrogens (primary N) is 1. The maximum Gasteiger partial charge on any atom is 0.273 e. The molecule has 1 aliphatic rings. The molecule has 7 heteroatoms. The highest BCUT2D eigenvalue weighted by atomic mass is 32.2. The van der Waals surface area contributed by atoms with Crippen LogP contribution in [0, 0.1) is 10.8 Å². The zero-order valence-electron chi connectivity index (χ0n) is 12.1. The van der Waals surface area contributed by atoms with E-state index >= 15 is 0 Å². The first-order valence-electron chi connectivity index (χ1n) is 6.51. The molecule has 0 aliphatic heterocycles. The van der Waals surface area contributed by atoms with Gasteiger partial charge in [0.1, 0.15) is 5.82 Å². The fourth-order valence-corrected chi connectivity index (χ4v) is 3.65. The fraction of sp³-hybridized carbons (Fsp3) is 0.833. The Morgan fingerprint density at radius 2 is 1.74 bits per heavy atom. The molecule has 6 nitrogen and oxygen atoms in total. The highest BCUT2D eigenvalue weighted by Crippen LogP contribution is 2.73. The number of sulfonamides is 1. The van der Waals surface area contributed by atoms with Gasteiger partial charge in [-0.25, -0.2) is 13.6 Å². The van der Waals surface area contributed by atoms with Gasteiger partial charge in [0.15, 0.2) is 0 Å². The highest BCUT2D eigenvalue weighted by molar-refractivity contribution is 7.89. The molecule has 1 fully saturated rings. The van der Waals surface area contributed by atoms with Gasteiger partial charge in [0.25, 0.3) is 15.2 Å². The summed E-state index contributed by atoms with van der Waals surface area (Å²) >= 11 is 0. The van der Waals surface area contributed by atoms with Crippen molar-refractivity contribution < 1.29 is 8.42 Å². The van der Waals surface area contributed by atoms with Crippen LogP contribution in [-0.2, 0) is 16.6 Å². The quantitative estimate of drug-likeness (QED) is 0.907. The monoisotopic (exact) mass is 286 g/mol. The Labute approximate surface area is 114 Å². The number of hydrogen-bond acceptors (Lipinski definition) is 4. The van der Waals surface area contributed by atoms with Gasteiger partial charge in [-0.05, 0) is 17.3 Å². The summed E-state index contributed by atoms with van der Waals surface area (Å²) in [5.41, 5.74) is 0.169. The van der Waals surface area contributed by atoms with Crippen LogP contribution < -0.4 is 5.14 Å². The minimum absolute atomic E-state index is 0.0845. The van der Waals surface area contributed by atoms with Gasteiger partial charge in [-0.2, -0.15) is 0 Å². The van der Waals surface area contributed by atoms with Crippen molar-refractivity contribution in [1.29, 1.82) is 0 Å². The number of rotatable bonds is 4. The lowest BCUT2D eigenvalue weighted by Gasteiger charge is -2.08. The van der Waals surface area contributed by atoms with Crippen LogP contribution in [-0.4, -0.2) is 23.2 Å². The summed E-state index contributed by atoms with van der Waals surface area (Å²) in [7, 11) is -3.83. The summed E-state index contributed by atoms with van der Waals surface area (Å²) in [6, 6.07) is 0. The van der Waals surface area contributed by atoms with E-state index in [1.807, 2.05) is 6.92 Å². The molecule has 1 aromatic rings. The Morgan fingerprint density at radius 1 is 1.21 bits per heavy atom. The van der Waals surface area contributed by atoms with E-state index in [9.17, 15) is 8.42 Å². The minimum atomic E-state index is -3.83. The maximum absolute atomic E-state index is 11.6. The molecular weight excluding hydrogens is 264 g/mol. The van der Waals surface area contributed by atoms with Crippen LogP contribution in [0.1, 0.15) is 52.8 Å². The summed E-state index contributed by atoms with van der Waals surface area (Å²) < 4.78 is 24.8. The van der Waals surface area contributed by atoms with Crippen molar-refractivity contribution in [1.82, 2.24) is 14.8 Å². The minimum Gasteiger partial charge on any atom is -0.300 e. The van der Waals surface area contributed by atoms with Crippen molar-refractivity contribution in [2.75, 3.05) is 0 Å². The molecule has 0 atom stereocenters. The molecule has 0 amide bonds. The number of nitrogens with zero attached hydrogens (tertiary/aromatic N) is 3. The molecule has 0 saturated heterocycles. The summed E-state index contributed by atoms with van der Waals surface area (Å²) in [6.07, 6.45) is 0.807. The van der Waals surface area contributed by atoms with Gasteiger partial charge in [-0.3, -0.25) is 0 Å². The third-order valence-electron chi connectivity index (χ3n) is 4.73. The van der Waals surface area contributed by atoms with E-state index in [2.05, 4.69) is 37.9 Å². The lowest BCUT2D eigenvalue weighted by Crippen LogP contribution is -2.19. The summed E-state index contributed by atoms with van der Waals surface area (Å²) in [5, 5.41) is 13.0. The second-order valence-corrected chi connectivity index (χ2v) is 7.87. The average molecular weight is 286 g/mol. The molecule has 0 bridgehead atoms. The van der Waals surface area contributed by atoms with Gasteiger partial charge in [-0.1, -0.05) is 34.6 Å². The van der Waals surface area contributed by atoms with Crippen LogP contribution in [0.5, 0.6) is 0 Å². The standard InChI is InChI=1S/C12H22N4O2S/c1-6-7-16-9(8-11(2,3)12(8,4)5)14-15-10(16)19(13,17)18/h8H,6-7H2,1-5H3,(H2,13,17,18). The van der Waals surface area contributed by atoms with Gasteiger partial charge in [-0.15, -0.1) is 10.2 Å². The summed E-state index contributed by atoms with van der Waals surface area (Å²) in [6.45, 7) is 11.2. The molecule has 2 rings (SSSR count).